The maximum absolute atomic E-state index is 11.6. The van der Waals surface area contributed by atoms with Gasteiger partial charge in [-0.1, -0.05) is 18.5 Å². The first kappa shape index (κ1) is 17.4. The predicted molar refractivity (Wildman–Crippen MR) is 80.3 cm³/mol. The molecule has 0 radical (unpaired) electrons. The van der Waals surface area contributed by atoms with Gasteiger partial charge >= 0.3 is 0 Å². The van der Waals surface area contributed by atoms with E-state index < -0.39 is 9.84 Å². The number of fused-ring (bicyclic) bond motifs is 1. The van der Waals surface area contributed by atoms with Crippen LogP contribution in [0.3, 0.4) is 0 Å². The summed E-state index contributed by atoms with van der Waals surface area (Å²) < 4.78 is 34.4. The van der Waals surface area contributed by atoms with Crippen molar-refractivity contribution in [2.24, 2.45) is 0 Å². The number of ether oxygens (including phenoxy) is 2. The SMILES string of the molecule is CCNCC1COc2c(Cl)cc(S(C)(=O)=O)cc2O1.Cl. The zero-order valence-corrected chi connectivity index (χ0v) is 13.6. The Hall–Kier alpha value is -0.690. The van der Waals surface area contributed by atoms with E-state index in [4.69, 9.17) is 21.1 Å². The fourth-order valence-electron chi connectivity index (χ4n) is 1.78. The van der Waals surface area contributed by atoms with Gasteiger partial charge in [-0.15, -0.1) is 12.4 Å². The summed E-state index contributed by atoms with van der Waals surface area (Å²) in [5.74, 6) is 0.781. The molecule has 0 amide bonds. The van der Waals surface area contributed by atoms with Crippen LogP contribution < -0.4 is 14.8 Å². The molecule has 114 valence electrons. The molecule has 1 aromatic rings. The smallest absolute Gasteiger partial charge is 0.180 e. The Kier molecular flexibility index (Phi) is 5.94. The lowest BCUT2D eigenvalue weighted by molar-refractivity contribution is 0.0906. The van der Waals surface area contributed by atoms with E-state index >= 15 is 0 Å². The minimum absolute atomic E-state index is 0. The van der Waals surface area contributed by atoms with Crippen LogP contribution in [0.25, 0.3) is 0 Å². The summed E-state index contributed by atoms with van der Waals surface area (Å²) in [5, 5.41) is 3.40. The van der Waals surface area contributed by atoms with E-state index in [1.807, 2.05) is 6.92 Å². The van der Waals surface area contributed by atoms with Gasteiger partial charge in [-0.2, -0.15) is 0 Å². The maximum atomic E-state index is 11.6. The van der Waals surface area contributed by atoms with Crippen molar-refractivity contribution in [2.45, 2.75) is 17.9 Å². The molecule has 8 heteroatoms. The highest BCUT2D eigenvalue weighted by molar-refractivity contribution is 7.90. The summed E-state index contributed by atoms with van der Waals surface area (Å²) in [7, 11) is -3.33. The zero-order chi connectivity index (χ0) is 14.0. The molecule has 0 aliphatic carbocycles. The van der Waals surface area contributed by atoms with Crippen LogP contribution >= 0.6 is 24.0 Å². The highest BCUT2D eigenvalue weighted by Crippen LogP contribution is 2.40. The Morgan fingerprint density at radius 2 is 2.15 bits per heavy atom. The van der Waals surface area contributed by atoms with Crippen molar-refractivity contribution in [3.8, 4) is 11.5 Å². The van der Waals surface area contributed by atoms with Crippen LogP contribution in [0.4, 0.5) is 0 Å². The number of rotatable bonds is 4. The molecule has 1 aliphatic heterocycles. The van der Waals surface area contributed by atoms with E-state index in [-0.39, 0.29) is 28.4 Å². The van der Waals surface area contributed by atoms with Crippen molar-refractivity contribution in [3.05, 3.63) is 17.2 Å². The molecule has 0 bridgehead atoms. The van der Waals surface area contributed by atoms with Gasteiger partial charge in [0.2, 0.25) is 0 Å². The molecule has 1 atom stereocenters. The average Bonchev–Trinajstić information content (AvgIpc) is 2.34. The molecule has 0 fully saturated rings. The largest absolute Gasteiger partial charge is 0.484 e. The minimum Gasteiger partial charge on any atom is -0.484 e. The molecule has 1 unspecified atom stereocenters. The van der Waals surface area contributed by atoms with Crippen molar-refractivity contribution in [2.75, 3.05) is 26.0 Å². The van der Waals surface area contributed by atoms with Crippen LogP contribution in [-0.2, 0) is 9.84 Å². The van der Waals surface area contributed by atoms with Crippen LogP contribution in [0, 0.1) is 0 Å². The van der Waals surface area contributed by atoms with Gasteiger partial charge in [0.1, 0.15) is 12.7 Å². The normalized spacial score (nSPS) is 17.4. The maximum Gasteiger partial charge on any atom is 0.180 e. The van der Waals surface area contributed by atoms with Gasteiger partial charge in [-0.3, -0.25) is 0 Å². The highest BCUT2D eigenvalue weighted by atomic mass is 35.5. The molecule has 0 aromatic heterocycles. The average molecular weight is 342 g/mol. The van der Waals surface area contributed by atoms with E-state index in [0.717, 1.165) is 12.8 Å². The monoisotopic (exact) mass is 341 g/mol. The van der Waals surface area contributed by atoms with Crippen LogP contribution in [0.5, 0.6) is 11.5 Å². The van der Waals surface area contributed by atoms with Crippen LogP contribution in [0.15, 0.2) is 17.0 Å². The van der Waals surface area contributed by atoms with E-state index in [1.165, 1.54) is 12.1 Å². The fraction of sp³-hybridized carbons (Fsp3) is 0.500. The van der Waals surface area contributed by atoms with Crippen molar-refractivity contribution >= 4 is 33.8 Å². The lowest BCUT2D eigenvalue weighted by Gasteiger charge is -2.27. The molecule has 0 saturated heterocycles. The van der Waals surface area contributed by atoms with Crippen LogP contribution in [0.2, 0.25) is 5.02 Å². The predicted octanol–water partition coefficient (Wildman–Crippen LogP) is 1.91. The van der Waals surface area contributed by atoms with Crippen molar-refractivity contribution in [1.82, 2.24) is 5.32 Å². The van der Waals surface area contributed by atoms with Crippen molar-refractivity contribution in [3.63, 3.8) is 0 Å². The first-order chi connectivity index (χ1) is 8.91. The van der Waals surface area contributed by atoms with Gasteiger partial charge in [0, 0.05) is 18.9 Å². The Balaban J connectivity index is 0.00000200. The number of sulfone groups is 1. The summed E-state index contributed by atoms with van der Waals surface area (Å²) in [6, 6.07) is 2.83. The second-order valence-electron chi connectivity index (χ2n) is 4.36. The summed E-state index contributed by atoms with van der Waals surface area (Å²) in [5.41, 5.74) is 0. The Morgan fingerprint density at radius 3 is 2.75 bits per heavy atom. The van der Waals surface area contributed by atoms with Crippen molar-refractivity contribution < 1.29 is 17.9 Å². The first-order valence-electron chi connectivity index (χ1n) is 5.95. The minimum atomic E-state index is -3.33. The molecule has 0 saturated carbocycles. The standard InChI is InChI=1S/C12H16ClNO4S.ClH/c1-3-14-6-8-7-17-12-10(13)4-9(19(2,15)16)5-11(12)18-8;/h4-5,8,14H,3,6-7H2,1-2H3;1H. The van der Waals surface area contributed by atoms with Gasteiger partial charge in [0.25, 0.3) is 0 Å². The Labute approximate surface area is 129 Å². The Bertz CT molecular complexity index is 577. The topological polar surface area (TPSA) is 64.6 Å². The number of likely N-dealkylation sites (N-methyl/N-ethyl adjacent to an activating group) is 1. The van der Waals surface area contributed by atoms with Crippen LogP contribution in [0.1, 0.15) is 6.92 Å². The molecule has 2 rings (SSSR count). The van der Waals surface area contributed by atoms with Crippen LogP contribution in [-0.4, -0.2) is 40.5 Å². The van der Waals surface area contributed by atoms with Gasteiger partial charge in [-0.05, 0) is 12.6 Å². The van der Waals surface area contributed by atoms with Gasteiger partial charge in [0.05, 0.1) is 9.92 Å². The molecular formula is C12H17Cl2NO4S. The second kappa shape index (κ2) is 6.85. The third kappa shape index (κ3) is 3.91. The van der Waals surface area contributed by atoms with E-state index in [0.29, 0.717) is 24.7 Å². The third-order valence-electron chi connectivity index (χ3n) is 2.74. The Morgan fingerprint density at radius 1 is 1.45 bits per heavy atom. The fourth-order valence-corrected chi connectivity index (χ4v) is 2.76. The van der Waals surface area contributed by atoms with E-state index in [2.05, 4.69) is 5.32 Å². The van der Waals surface area contributed by atoms with E-state index in [1.54, 1.807) is 0 Å². The molecule has 1 heterocycles. The van der Waals surface area contributed by atoms with Gasteiger partial charge in [-0.25, -0.2) is 8.42 Å². The second-order valence-corrected chi connectivity index (χ2v) is 6.79. The molecule has 1 N–H and O–H groups in total. The quantitative estimate of drug-likeness (QED) is 0.906. The lowest BCUT2D eigenvalue weighted by atomic mass is 10.2. The van der Waals surface area contributed by atoms with Gasteiger partial charge in [0.15, 0.2) is 21.3 Å². The first-order valence-corrected chi connectivity index (χ1v) is 8.22. The zero-order valence-electron chi connectivity index (χ0n) is 11.2. The van der Waals surface area contributed by atoms with E-state index in [9.17, 15) is 8.42 Å². The number of benzene rings is 1. The number of halogens is 2. The van der Waals surface area contributed by atoms with Crippen molar-refractivity contribution in [1.29, 1.82) is 0 Å². The molecule has 20 heavy (non-hydrogen) atoms. The third-order valence-corrected chi connectivity index (χ3v) is 4.11. The molecular weight excluding hydrogens is 325 g/mol. The summed E-state index contributed by atoms with van der Waals surface area (Å²) in [6.45, 7) is 3.85. The molecule has 1 aliphatic rings. The number of nitrogens with one attached hydrogen (secondary N) is 1. The molecule has 0 spiro atoms. The number of hydrogen-bond acceptors (Lipinski definition) is 5. The number of hydrogen-bond donors (Lipinski definition) is 1. The summed E-state index contributed by atoms with van der Waals surface area (Å²) in [6.07, 6.45) is 0.975. The highest BCUT2D eigenvalue weighted by Gasteiger charge is 2.25. The molecule has 5 nitrogen and oxygen atoms in total. The van der Waals surface area contributed by atoms with Gasteiger partial charge < -0.3 is 14.8 Å². The summed E-state index contributed by atoms with van der Waals surface area (Å²) in [4.78, 5) is 0.129. The lowest BCUT2D eigenvalue weighted by Crippen LogP contribution is -2.38. The molecule has 1 aromatic carbocycles. The summed E-state index contributed by atoms with van der Waals surface area (Å²) >= 11 is 6.02.